The van der Waals surface area contributed by atoms with E-state index in [0.29, 0.717) is 5.39 Å². The van der Waals surface area contributed by atoms with Crippen LogP contribution < -0.4 is 0 Å². The molecule has 0 aliphatic rings. The number of hydrogen-bond donors (Lipinski definition) is 0. The van der Waals surface area contributed by atoms with E-state index in [1.165, 1.54) is 6.07 Å². The summed E-state index contributed by atoms with van der Waals surface area (Å²) in [6.07, 6.45) is 0. The number of aryl methyl sites for hydroxylation is 2. The van der Waals surface area contributed by atoms with E-state index in [1.807, 2.05) is 19.9 Å². The van der Waals surface area contributed by atoms with E-state index < -0.39 is 10.1 Å². The predicted molar refractivity (Wildman–Crippen MR) is 61.4 cm³/mol. The lowest BCUT2D eigenvalue weighted by Gasteiger charge is -2.12. The molecule has 2 aromatic carbocycles. The second-order valence-electron chi connectivity index (χ2n) is 3.88. The third kappa shape index (κ3) is 1.81. The van der Waals surface area contributed by atoms with Crippen LogP contribution in [0.25, 0.3) is 10.8 Å². The molecule has 0 spiro atoms. The van der Waals surface area contributed by atoms with Gasteiger partial charge in [-0.05, 0) is 36.2 Å². The number of hydrogen-bond acceptors (Lipinski definition) is 3. The standard InChI is InChI=1S/C12H12O3S/c1-8-3-5-10-11(7-8)9(2)4-6-12(10)16(13,14)15/h3-7H,1-2H3,(H,13,14,15)/p-1. The Morgan fingerprint density at radius 3 is 2.31 bits per heavy atom. The topological polar surface area (TPSA) is 57.2 Å². The van der Waals surface area contributed by atoms with Crippen molar-refractivity contribution < 1.29 is 13.0 Å². The Kier molecular flexibility index (Phi) is 2.48. The van der Waals surface area contributed by atoms with Crippen LogP contribution in [0, 0.1) is 13.8 Å². The summed E-state index contributed by atoms with van der Waals surface area (Å²) in [5.41, 5.74) is 2.00. The normalized spacial score (nSPS) is 11.9. The van der Waals surface area contributed by atoms with Crippen LogP contribution in [-0.2, 0) is 10.1 Å². The molecule has 0 atom stereocenters. The molecule has 0 fully saturated rings. The third-order valence-electron chi connectivity index (χ3n) is 2.62. The Bertz CT molecular complexity index is 657. The van der Waals surface area contributed by atoms with Crippen LogP contribution in [0.5, 0.6) is 0 Å². The highest BCUT2D eigenvalue weighted by Crippen LogP contribution is 2.26. The average molecular weight is 235 g/mol. The van der Waals surface area contributed by atoms with Crippen molar-refractivity contribution in [1.82, 2.24) is 0 Å². The molecule has 4 heteroatoms. The van der Waals surface area contributed by atoms with Gasteiger partial charge in [0.25, 0.3) is 0 Å². The lowest BCUT2D eigenvalue weighted by molar-refractivity contribution is 0.464. The fourth-order valence-electron chi connectivity index (χ4n) is 1.80. The molecular formula is C12H11O3S-. The van der Waals surface area contributed by atoms with E-state index >= 15 is 0 Å². The van der Waals surface area contributed by atoms with Crippen LogP contribution in [-0.4, -0.2) is 13.0 Å². The first-order valence-corrected chi connectivity index (χ1v) is 6.26. The quantitative estimate of drug-likeness (QED) is 0.713. The molecule has 84 valence electrons. The highest BCUT2D eigenvalue weighted by atomic mass is 32.2. The molecule has 0 saturated carbocycles. The van der Waals surface area contributed by atoms with E-state index in [4.69, 9.17) is 0 Å². The molecule has 0 saturated heterocycles. The second-order valence-corrected chi connectivity index (χ2v) is 5.23. The molecule has 2 rings (SSSR count). The first kappa shape index (κ1) is 11.1. The summed E-state index contributed by atoms with van der Waals surface area (Å²) in [6.45, 7) is 3.82. The number of benzene rings is 2. The van der Waals surface area contributed by atoms with Gasteiger partial charge in [0.1, 0.15) is 10.1 Å². The zero-order valence-electron chi connectivity index (χ0n) is 9.02. The summed E-state index contributed by atoms with van der Waals surface area (Å²) < 4.78 is 33.3. The van der Waals surface area contributed by atoms with Gasteiger partial charge in [0.05, 0.1) is 4.90 Å². The molecule has 0 amide bonds. The van der Waals surface area contributed by atoms with Gasteiger partial charge in [-0.3, -0.25) is 0 Å². The Labute approximate surface area is 94.5 Å². The van der Waals surface area contributed by atoms with Gasteiger partial charge in [-0.2, -0.15) is 0 Å². The number of rotatable bonds is 1. The summed E-state index contributed by atoms with van der Waals surface area (Å²) >= 11 is 0. The third-order valence-corrected chi connectivity index (χ3v) is 3.51. The number of fused-ring (bicyclic) bond motifs is 1. The van der Waals surface area contributed by atoms with E-state index in [1.54, 1.807) is 18.2 Å². The minimum absolute atomic E-state index is 0.145. The molecule has 0 heterocycles. The van der Waals surface area contributed by atoms with Gasteiger partial charge in [-0.15, -0.1) is 0 Å². The van der Waals surface area contributed by atoms with Crippen LogP contribution in [0.4, 0.5) is 0 Å². The van der Waals surface area contributed by atoms with E-state index in [-0.39, 0.29) is 4.90 Å². The Morgan fingerprint density at radius 2 is 1.69 bits per heavy atom. The van der Waals surface area contributed by atoms with Gasteiger partial charge < -0.3 is 4.55 Å². The first-order chi connectivity index (χ1) is 7.39. The summed E-state index contributed by atoms with van der Waals surface area (Å²) in [7, 11) is -4.41. The molecule has 0 radical (unpaired) electrons. The van der Waals surface area contributed by atoms with E-state index in [0.717, 1.165) is 16.5 Å². The molecule has 0 aromatic heterocycles. The van der Waals surface area contributed by atoms with Crippen LogP contribution in [0.1, 0.15) is 11.1 Å². The molecule has 0 N–H and O–H groups in total. The maximum Gasteiger partial charge on any atom is 0.125 e. The zero-order valence-corrected chi connectivity index (χ0v) is 9.84. The summed E-state index contributed by atoms with van der Waals surface area (Å²) in [5.74, 6) is 0. The van der Waals surface area contributed by atoms with Crippen molar-refractivity contribution in [3.63, 3.8) is 0 Å². The molecule has 3 nitrogen and oxygen atoms in total. The van der Waals surface area contributed by atoms with Gasteiger partial charge in [0.15, 0.2) is 0 Å². The van der Waals surface area contributed by atoms with Crippen LogP contribution in [0.15, 0.2) is 35.2 Å². The smallest absolute Gasteiger partial charge is 0.125 e. The maximum absolute atomic E-state index is 11.1. The molecule has 0 bridgehead atoms. The van der Waals surface area contributed by atoms with Gasteiger partial charge in [-0.25, -0.2) is 8.42 Å². The fourth-order valence-corrected chi connectivity index (χ4v) is 2.48. The van der Waals surface area contributed by atoms with Crippen LogP contribution in [0.3, 0.4) is 0 Å². The highest BCUT2D eigenvalue weighted by Gasteiger charge is 2.08. The van der Waals surface area contributed by atoms with E-state index in [9.17, 15) is 13.0 Å². The molecular weight excluding hydrogens is 224 g/mol. The first-order valence-electron chi connectivity index (χ1n) is 4.85. The van der Waals surface area contributed by atoms with Gasteiger partial charge in [-0.1, -0.05) is 29.8 Å². The lowest BCUT2D eigenvalue weighted by atomic mass is 10.0. The summed E-state index contributed by atoms with van der Waals surface area (Å²) in [5, 5.41) is 1.32. The van der Waals surface area contributed by atoms with Crippen molar-refractivity contribution in [2.45, 2.75) is 18.7 Å². The largest absolute Gasteiger partial charge is 0.744 e. The Hall–Kier alpha value is -1.39. The summed E-state index contributed by atoms with van der Waals surface area (Å²) in [6, 6.07) is 8.40. The van der Waals surface area contributed by atoms with Crippen molar-refractivity contribution in [2.24, 2.45) is 0 Å². The fraction of sp³-hybridized carbons (Fsp3) is 0.167. The van der Waals surface area contributed by atoms with Crippen molar-refractivity contribution in [3.05, 3.63) is 41.5 Å². The maximum atomic E-state index is 11.1. The summed E-state index contributed by atoms with van der Waals surface area (Å²) in [4.78, 5) is -0.145. The molecule has 2 aromatic rings. The SMILES string of the molecule is Cc1ccc2c(S(=O)(=O)[O-])ccc(C)c2c1. The van der Waals surface area contributed by atoms with Crippen LogP contribution in [0.2, 0.25) is 0 Å². The van der Waals surface area contributed by atoms with Crippen LogP contribution >= 0.6 is 0 Å². The molecule has 0 aliphatic carbocycles. The highest BCUT2D eigenvalue weighted by molar-refractivity contribution is 7.86. The van der Waals surface area contributed by atoms with Crippen molar-refractivity contribution >= 4 is 20.9 Å². The predicted octanol–water partition coefficient (Wildman–Crippen LogP) is 2.36. The van der Waals surface area contributed by atoms with Gasteiger partial charge in [0, 0.05) is 0 Å². The zero-order chi connectivity index (χ0) is 11.9. The lowest BCUT2D eigenvalue weighted by Crippen LogP contribution is -2.00. The molecule has 16 heavy (non-hydrogen) atoms. The van der Waals surface area contributed by atoms with Gasteiger partial charge >= 0.3 is 0 Å². The average Bonchev–Trinajstić information content (AvgIpc) is 2.17. The van der Waals surface area contributed by atoms with Crippen molar-refractivity contribution in [3.8, 4) is 0 Å². The van der Waals surface area contributed by atoms with Crippen molar-refractivity contribution in [1.29, 1.82) is 0 Å². The second kappa shape index (κ2) is 3.57. The Morgan fingerprint density at radius 1 is 1.00 bits per heavy atom. The monoisotopic (exact) mass is 235 g/mol. The molecule has 0 aliphatic heterocycles. The Balaban J connectivity index is 2.96. The molecule has 0 unspecified atom stereocenters. The minimum atomic E-state index is -4.41. The minimum Gasteiger partial charge on any atom is -0.744 e. The van der Waals surface area contributed by atoms with Gasteiger partial charge in [0.2, 0.25) is 0 Å². The van der Waals surface area contributed by atoms with Crippen molar-refractivity contribution in [2.75, 3.05) is 0 Å². The van der Waals surface area contributed by atoms with E-state index in [2.05, 4.69) is 0 Å².